The minimum Gasteiger partial charge on any atom is -0.309 e. The van der Waals surface area contributed by atoms with E-state index in [-0.39, 0.29) is 10.8 Å². The predicted molar refractivity (Wildman–Crippen MR) is 172 cm³/mol. The van der Waals surface area contributed by atoms with Crippen LogP contribution >= 0.6 is 7.14 Å². The van der Waals surface area contributed by atoms with Gasteiger partial charge in [0.15, 0.2) is 12.8 Å². The number of hydrogen-bond acceptors (Lipinski definition) is 2. The Labute approximate surface area is 247 Å². The molecule has 2 aliphatic carbocycles. The Balaban J connectivity index is 1.44. The van der Waals surface area contributed by atoms with Gasteiger partial charge in [0.1, 0.15) is 0 Å². The summed E-state index contributed by atoms with van der Waals surface area (Å²) >= 11 is 0. The normalized spacial score (nSPS) is 16.2. The molecular weight excluding hydrogens is 531 g/mol. The van der Waals surface area contributed by atoms with Gasteiger partial charge in [-0.25, -0.2) is 4.85 Å². The summed E-state index contributed by atoms with van der Waals surface area (Å²) in [4.78, 5) is 3.67. The molecule has 2 aliphatic rings. The first-order valence-electron chi connectivity index (χ1n) is 14.1. The molecular formula is C38H29N2OP. The molecule has 0 radical (unpaired) electrons. The number of rotatable bonds is 3. The molecule has 0 fully saturated rings. The maximum atomic E-state index is 15.7. The highest BCUT2D eigenvalue weighted by Crippen LogP contribution is 2.53. The Morgan fingerprint density at radius 1 is 0.619 bits per heavy atom. The lowest BCUT2D eigenvalue weighted by Crippen LogP contribution is -2.27. The van der Waals surface area contributed by atoms with Gasteiger partial charge in [0.05, 0.1) is 18.2 Å². The summed E-state index contributed by atoms with van der Waals surface area (Å²) in [5, 5.41) is 12.0. The summed E-state index contributed by atoms with van der Waals surface area (Å²) in [6.45, 7) is 16.3. The van der Waals surface area contributed by atoms with E-state index in [0.717, 1.165) is 60.4 Å². The predicted octanol–water partition coefficient (Wildman–Crippen LogP) is 8.36. The Morgan fingerprint density at radius 2 is 1.10 bits per heavy atom. The molecule has 0 saturated carbocycles. The molecule has 202 valence electrons. The van der Waals surface area contributed by atoms with Crippen molar-refractivity contribution in [1.82, 2.24) is 0 Å². The molecule has 0 aliphatic heterocycles. The van der Waals surface area contributed by atoms with Gasteiger partial charge >= 0.3 is 0 Å². The van der Waals surface area contributed by atoms with E-state index in [1.165, 1.54) is 0 Å². The van der Waals surface area contributed by atoms with Crippen molar-refractivity contribution in [3.05, 3.63) is 142 Å². The molecule has 1 unspecified atom stereocenters. The van der Waals surface area contributed by atoms with Crippen molar-refractivity contribution >= 4 is 28.7 Å². The van der Waals surface area contributed by atoms with Crippen LogP contribution in [0.5, 0.6) is 0 Å². The zero-order chi connectivity index (χ0) is 29.4. The number of nitrogens with zero attached hydrogens (tertiary/aromatic N) is 2. The molecule has 0 spiro atoms. The van der Waals surface area contributed by atoms with E-state index in [9.17, 15) is 5.26 Å². The van der Waals surface area contributed by atoms with Crippen LogP contribution in [0.3, 0.4) is 0 Å². The van der Waals surface area contributed by atoms with E-state index >= 15 is 4.57 Å². The molecule has 5 aromatic carbocycles. The molecule has 0 heterocycles. The van der Waals surface area contributed by atoms with Gasteiger partial charge in [0.25, 0.3) is 0 Å². The molecule has 0 aromatic heterocycles. The van der Waals surface area contributed by atoms with Gasteiger partial charge in [-0.2, -0.15) is 5.26 Å². The van der Waals surface area contributed by atoms with Crippen LogP contribution in [-0.4, -0.2) is 0 Å². The number of benzene rings is 5. The highest BCUT2D eigenvalue weighted by molar-refractivity contribution is 7.85. The monoisotopic (exact) mass is 560 g/mol. The van der Waals surface area contributed by atoms with Crippen LogP contribution in [0.15, 0.2) is 103 Å². The largest absolute Gasteiger partial charge is 0.309 e. The molecule has 0 saturated heterocycles. The van der Waals surface area contributed by atoms with Crippen molar-refractivity contribution in [2.45, 2.75) is 38.5 Å². The van der Waals surface area contributed by atoms with Crippen LogP contribution in [0.1, 0.15) is 55.5 Å². The Hall–Kier alpha value is -4.69. The van der Waals surface area contributed by atoms with Gasteiger partial charge < -0.3 is 4.57 Å². The van der Waals surface area contributed by atoms with E-state index in [4.69, 9.17) is 6.57 Å². The summed E-state index contributed by atoms with van der Waals surface area (Å²) in [7, 11) is -3.28. The lowest BCUT2D eigenvalue weighted by Gasteiger charge is -2.26. The summed E-state index contributed by atoms with van der Waals surface area (Å²) in [6, 6.07) is 36.5. The average Bonchev–Trinajstić information content (AvgIpc) is 3.39. The van der Waals surface area contributed by atoms with Gasteiger partial charge in [0, 0.05) is 26.7 Å². The van der Waals surface area contributed by atoms with Crippen molar-refractivity contribution < 1.29 is 4.57 Å². The zero-order valence-electron chi connectivity index (χ0n) is 24.1. The van der Waals surface area contributed by atoms with E-state index in [0.29, 0.717) is 11.3 Å². The van der Waals surface area contributed by atoms with E-state index in [1.807, 2.05) is 78.9 Å². The minimum absolute atomic E-state index is 0.330. The van der Waals surface area contributed by atoms with Crippen molar-refractivity contribution in [1.29, 1.82) is 5.26 Å². The Kier molecular flexibility index (Phi) is 5.56. The van der Waals surface area contributed by atoms with Crippen LogP contribution in [0.2, 0.25) is 0 Å². The third-order valence-electron chi connectivity index (χ3n) is 9.41. The maximum absolute atomic E-state index is 15.7. The smallest absolute Gasteiger partial charge is 0.187 e. The third-order valence-corrected chi connectivity index (χ3v) is 12.4. The number of nitriles is 1. The summed E-state index contributed by atoms with van der Waals surface area (Å²) in [5.74, 6) is 0. The molecule has 0 bridgehead atoms. The fraction of sp³-hybridized carbons (Fsp3) is 0.158. The summed E-state index contributed by atoms with van der Waals surface area (Å²) in [6.07, 6.45) is 0. The molecule has 3 nitrogen and oxygen atoms in total. The van der Waals surface area contributed by atoms with Crippen LogP contribution in [0.4, 0.5) is 5.69 Å². The Morgan fingerprint density at radius 3 is 1.62 bits per heavy atom. The van der Waals surface area contributed by atoms with Gasteiger partial charge in [0.2, 0.25) is 0 Å². The van der Waals surface area contributed by atoms with Crippen molar-refractivity contribution in [3.63, 3.8) is 0 Å². The molecule has 0 N–H and O–H groups in total. The van der Waals surface area contributed by atoms with E-state index in [1.54, 1.807) is 0 Å². The standard InChI is InChI=1S/C38H29N2OP/c1-37(2)33-19-24(23-39)11-15-29(33)31-17-13-27(21-35(31)37)42(41,26-9-7-6-8-10-26)28-14-18-32-30-16-12-25(40-5)20-34(30)38(3,4)36(32)22-28/h6-22H,1-4H3. The zero-order valence-corrected chi connectivity index (χ0v) is 25.0. The van der Waals surface area contributed by atoms with Crippen molar-refractivity contribution in [3.8, 4) is 28.3 Å². The fourth-order valence-electron chi connectivity index (χ4n) is 7.05. The third kappa shape index (κ3) is 3.48. The molecule has 4 heteroatoms. The summed E-state index contributed by atoms with van der Waals surface area (Å²) < 4.78 is 15.7. The lowest BCUT2D eigenvalue weighted by molar-refractivity contribution is 0.592. The second kappa shape index (κ2) is 8.90. The number of hydrogen-bond donors (Lipinski definition) is 0. The van der Waals surface area contributed by atoms with Crippen LogP contribution in [-0.2, 0) is 15.4 Å². The van der Waals surface area contributed by atoms with Crippen molar-refractivity contribution in [2.75, 3.05) is 0 Å². The molecule has 1 atom stereocenters. The molecule has 0 amide bonds. The van der Waals surface area contributed by atoms with Gasteiger partial charge in [-0.15, -0.1) is 0 Å². The van der Waals surface area contributed by atoms with E-state index < -0.39 is 7.14 Å². The SMILES string of the molecule is [C-]#[N+]c1ccc2c(c1)C(C)(C)c1cc(P(=O)(c3ccccc3)c3ccc4c(c3)C(C)(C)c3cc(C#N)ccc3-4)ccc1-2. The van der Waals surface area contributed by atoms with Gasteiger partial charge in [-0.3, -0.25) is 0 Å². The topological polar surface area (TPSA) is 45.2 Å². The summed E-state index contributed by atoms with van der Waals surface area (Å²) in [5.41, 5.74) is 9.66. The molecule has 42 heavy (non-hydrogen) atoms. The van der Waals surface area contributed by atoms with Gasteiger partial charge in [-0.05, 0) is 68.8 Å². The first-order valence-corrected chi connectivity index (χ1v) is 15.8. The average molecular weight is 561 g/mol. The van der Waals surface area contributed by atoms with Crippen molar-refractivity contribution in [2.24, 2.45) is 0 Å². The first-order chi connectivity index (χ1) is 20.1. The second-order valence-corrected chi connectivity index (χ2v) is 15.1. The lowest BCUT2D eigenvalue weighted by atomic mass is 9.82. The van der Waals surface area contributed by atoms with Crippen LogP contribution < -0.4 is 15.9 Å². The minimum atomic E-state index is -3.28. The maximum Gasteiger partial charge on any atom is 0.187 e. The fourth-order valence-corrected chi connectivity index (χ4v) is 9.73. The highest BCUT2D eigenvalue weighted by atomic mass is 31.2. The Bertz CT molecular complexity index is 1960. The van der Waals surface area contributed by atoms with E-state index in [2.05, 4.69) is 62.9 Å². The highest BCUT2D eigenvalue weighted by Gasteiger charge is 2.40. The quantitative estimate of drug-likeness (QED) is 0.164. The van der Waals surface area contributed by atoms with Gasteiger partial charge in [-0.1, -0.05) is 107 Å². The van der Waals surface area contributed by atoms with Crippen LogP contribution in [0.25, 0.3) is 27.1 Å². The number of fused-ring (bicyclic) bond motifs is 6. The first kappa shape index (κ1) is 26.2. The molecule has 5 aromatic rings. The second-order valence-electron chi connectivity index (χ2n) is 12.4. The molecule has 7 rings (SSSR count). The van der Waals surface area contributed by atoms with Crippen LogP contribution in [0, 0.1) is 17.9 Å².